The third-order valence-electron chi connectivity index (χ3n) is 5.13. The van der Waals surface area contributed by atoms with Gasteiger partial charge in [0, 0.05) is 29.8 Å². The maximum atomic E-state index is 13.7. The first-order chi connectivity index (χ1) is 14.0. The van der Waals surface area contributed by atoms with Crippen LogP contribution in [0.1, 0.15) is 25.3 Å². The number of aromatic nitrogens is 1. The van der Waals surface area contributed by atoms with Gasteiger partial charge < -0.3 is 4.42 Å². The van der Waals surface area contributed by atoms with E-state index in [0.29, 0.717) is 11.2 Å². The van der Waals surface area contributed by atoms with Crippen LogP contribution in [0.4, 0.5) is 4.39 Å². The van der Waals surface area contributed by atoms with Gasteiger partial charge in [-0.25, -0.2) is 4.39 Å². The Labute approximate surface area is 163 Å². The third kappa shape index (κ3) is 2.76. The summed E-state index contributed by atoms with van der Waals surface area (Å²) in [5.74, 6) is -1.21. The molecular weight excluding hydrogens is 349 g/mol. The number of halogens is 1. The summed E-state index contributed by atoms with van der Waals surface area (Å²) in [5.41, 5.74) is 4.61. The average Bonchev–Trinajstić information content (AvgIpc) is 3.12. The molecule has 3 heteroatoms. The van der Waals surface area contributed by atoms with Crippen LogP contribution in [-0.2, 0) is 0 Å². The summed E-state index contributed by atoms with van der Waals surface area (Å²) >= 11 is 0. The number of fused-ring (bicyclic) bond motifs is 3. The quantitative estimate of drug-likeness (QED) is 0.345. The number of hydrogen-bond donors (Lipinski definition) is 0. The highest BCUT2D eigenvalue weighted by atomic mass is 19.1. The average molecular weight is 368 g/mol. The third-order valence-corrected chi connectivity index (χ3v) is 5.13. The summed E-state index contributed by atoms with van der Waals surface area (Å²) in [6.45, 7) is 1.88. The van der Waals surface area contributed by atoms with Gasteiger partial charge in [-0.1, -0.05) is 49.4 Å². The van der Waals surface area contributed by atoms with Crippen molar-refractivity contribution in [3.63, 3.8) is 0 Å². The molecule has 0 aliphatic heterocycles. The first-order valence-electron chi connectivity index (χ1n) is 9.67. The van der Waals surface area contributed by atoms with Crippen LogP contribution in [0.5, 0.6) is 0 Å². The molecule has 0 aliphatic rings. The topological polar surface area (TPSA) is 26.0 Å². The zero-order chi connectivity index (χ0) is 20.0. The van der Waals surface area contributed by atoms with Crippen LogP contribution >= 0.6 is 0 Å². The fraction of sp³-hybridized carbons (Fsp3) is 0.0800. The Morgan fingerprint density at radius 2 is 1.75 bits per heavy atom. The minimum absolute atomic E-state index is 0.293. The van der Waals surface area contributed by atoms with Crippen LogP contribution in [0.3, 0.4) is 0 Å². The van der Waals surface area contributed by atoms with Crippen molar-refractivity contribution in [2.24, 2.45) is 0 Å². The van der Waals surface area contributed by atoms with Gasteiger partial charge in [0.15, 0.2) is 0 Å². The van der Waals surface area contributed by atoms with Crippen molar-refractivity contribution < 1.29 is 10.2 Å². The van der Waals surface area contributed by atoms with Crippen molar-refractivity contribution in [3.8, 4) is 11.3 Å². The largest absolute Gasteiger partial charge is 0.455 e. The van der Waals surface area contributed by atoms with E-state index in [2.05, 4.69) is 4.98 Å². The number of nitrogens with zero attached hydrogens (tertiary/aromatic N) is 1. The van der Waals surface area contributed by atoms with Gasteiger partial charge in [-0.3, -0.25) is 4.98 Å². The molecule has 1 unspecified atom stereocenters. The molecule has 0 N–H and O–H groups in total. The zero-order valence-electron chi connectivity index (χ0n) is 16.3. The molecule has 28 heavy (non-hydrogen) atoms. The molecule has 0 aliphatic carbocycles. The van der Waals surface area contributed by atoms with Crippen molar-refractivity contribution in [1.29, 1.82) is 0 Å². The van der Waals surface area contributed by atoms with Crippen molar-refractivity contribution in [1.82, 2.24) is 4.98 Å². The molecule has 5 rings (SSSR count). The van der Waals surface area contributed by atoms with Crippen molar-refractivity contribution in [3.05, 3.63) is 102 Å². The lowest BCUT2D eigenvalue weighted by Gasteiger charge is -2.13. The second kappa shape index (κ2) is 6.61. The van der Waals surface area contributed by atoms with Crippen LogP contribution < -0.4 is 0 Å². The number of benzene rings is 3. The molecule has 0 radical (unpaired) electrons. The lowest BCUT2D eigenvalue weighted by molar-refractivity contribution is 0.626. The van der Waals surface area contributed by atoms with Gasteiger partial charge in [0.05, 0.1) is 5.69 Å². The minimum Gasteiger partial charge on any atom is -0.455 e. The summed E-state index contributed by atoms with van der Waals surface area (Å²) in [6.07, 6.45) is 1.72. The van der Waals surface area contributed by atoms with E-state index in [1.807, 2.05) is 67.6 Å². The second-order valence-corrected chi connectivity index (χ2v) is 6.85. The number of hydrogen-bond acceptors (Lipinski definition) is 2. The second-order valence-electron chi connectivity index (χ2n) is 6.85. The van der Waals surface area contributed by atoms with Crippen LogP contribution in [0.15, 0.2) is 89.5 Å². The summed E-state index contributed by atoms with van der Waals surface area (Å²) in [7, 11) is 0. The maximum Gasteiger partial charge on any atom is 0.144 e. The van der Waals surface area contributed by atoms with Gasteiger partial charge in [0.25, 0.3) is 0 Å². The summed E-state index contributed by atoms with van der Waals surface area (Å²) in [5, 5.41) is 1.59. The minimum atomic E-state index is -0.913. The maximum absolute atomic E-state index is 13.7. The molecule has 2 aromatic heterocycles. The van der Waals surface area contributed by atoms with Crippen molar-refractivity contribution >= 4 is 21.9 Å². The Balaban J connectivity index is 1.68. The molecular formula is C25H18FNO. The van der Waals surface area contributed by atoms with Crippen LogP contribution in [0.2, 0.25) is 0 Å². The lowest BCUT2D eigenvalue weighted by atomic mass is 9.92. The predicted molar refractivity (Wildman–Crippen MR) is 111 cm³/mol. The number of rotatable bonds is 3. The molecule has 0 amide bonds. The fourth-order valence-corrected chi connectivity index (χ4v) is 3.64. The van der Waals surface area contributed by atoms with E-state index in [9.17, 15) is 4.39 Å². The lowest BCUT2D eigenvalue weighted by Crippen LogP contribution is -1.97. The van der Waals surface area contributed by atoms with E-state index in [1.54, 1.807) is 12.3 Å². The molecule has 136 valence electrons. The number of pyridine rings is 1. The molecule has 0 saturated heterocycles. The van der Waals surface area contributed by atoms with Gasteiger partial charge in [-0.05, 0) is 47.5 Å². The van der Waals surface area contributed by atoms with Gasteiger partial charge in [0.2, 0.25) is 0 Å². The Hall–Kier alpha value is -3.46. The molecule has 5 aromatic rings. The Morgan fingerprint density at radius 1 is 0.893 bits per heavy atom. The molecule has 2 nitrogen and oxygen atoms in total. The van der Waals surface area contributed by atoms with E-state index in [0.717, 1.165) is 33.2 Å². The molecule has 3 aromatic carbocycles. The first kappa shape index (κ1) is 15.6. The fourth-order valence-electron chi connectivity index (χ4n) is 3.64. The zero-order valence-corrected chi connectivity index (χ0v) is 15.3. The standard InChI is InChI=1S/C25H18FNO/c1-16(17-6-3-2-4-7-17)18-12-13-27-23(14-18)21-9-5-8-20-22-15-19(26)10-11-24(22)28-25(20)21/h2-16H,1H3/i16D. The summed E-state index contributed by atoms with van der Waals surface area (Å²) < 4.78 is 28.7. The SMILES string of the molecule is [2H]C(C)(c1ccccc1)c1ccnc(-c2cccc3c2oc2ccc(F)cc23)c1. The smallest absolute Gasteiger partial charge is 0.144 e. The highest BCUT2D eigenvalue weighted by molar-refractivity contribution is 6.09. The summed E-state index contributed by atoms with van der Waals surface area (Å²) in [6, 6.07) is 23.9. The number of para-hydroxylation sites is 1. The predicted octanol–water partition coefficient (Wildman–Crippen LogP) is 6.94. The van der Waals surface area contributed by atoms with Crippen LogP contribution in [-0.4, -0.2) is 4.98 Å². The van der Waals surface area contributed by atoms with Crippen molar-refractivity contribution in [2.75, 3.05) is 0 Å². The van der Waals surface area contributed by atoms with Gasteiger partial charge in [-0.2, -0.15) is 0 Å². The van der Waals surface area contributed by atoms with Crippen molar-refractivity contribution in [2.45, 2.75) is 12.8 Å². The molecule has 0 bridgehead atoms. The molecule has 1 atom stereocenters. The molecule has 0 spiro atoms. The van der Waals surface area contributed by atoms with Crippen LogP contribution in [0, 0.1) is 5.82 Å². The normalized spacial score (nSPS) is 14.1. The van der Waals surface area contributed by atoms with Gasteiger partial charge >= 0.3 is 0 Å². The van der Waals surface area contributed by atoms with Gasteiger partial charge in [-0.15, -0.1) is 0 Å². The Kier molecular flexibility index (Phi) is 3.68. The Bertz CT molecular complexity index is 1340. The van der Waals surface area contributed by atoms with E-state index in [4.69, 9.17) is 5.79 Å². The highest BCUT2D eigenvalue weighted by Gasteiger charge is 2.15. The number of furan rings is 1. The molecule has 0 saturated carbocycles. The van der Waals surface area contributed by atoms with Gasteiger partial charge in [0.1, 0.15) is 17.0 Å². The van der Waals surface area contributed by atoms with E-state index >= 15 is 0 Å². The highest BCUT2D eigenvalue weighted by Crippen LogP contribution is 2.36. The molecule has 2 heterocycles. The monoisotopic (exact) mass is 368 g/mol. The van der Waals surface area contributed by atoms with E-state index < -0.39 is 5.89 Å². The summed E-state index contributed by atoms with van der Waals surface area (Å²) in [4.78, 5) is 4.54. The Morgan fingerprint density at radius 3 is 2.61 bits per heavy atom. The molecule has 0 fully saturated rings. The van der Waals surface area contributed by atoms with Crippen LogP contribution in [0.25, 0.3) is 33.2 Å². The first-order valence-corrected chi connectivity index (χ1v) is 9.17. The van der Waals surface area contributed by atoms with E-state index in [1.165, 1.54) is 12.1 Å². The van der Waals surface area contributed by atoms with E-state index in [-0.39, 0.29) is 5.82 Å².